The fourth-order valence-electron chi connectivity index (χ4n) is 4.66. The zero-order valence-electron chi connectivity index (χ0n) is 22.9. The predicted molar refractivity (Wildman–Crippen MR) is 149 cm³/mol. The second kappa shape index (κ2) is 12.9. The van der Waals surface area contributed by atoms with Gasteiger partial charge in [-0.05, 0) is 35.9 Å². The third-order valence-corrected chi connectivity index (χ3v) is 7.08. The number of hydrogen-bond acceptors (Lipinski definition) is 9. The van der Waals surface area contributed by atoms with Gasteiger partial charge < -0.3 is 26.8 Å². The molecule has 20 heteroatoms. The smallest absolute Gasteiger partial charge is 0.386 e. The van der Waals surface area contributed by atoms with Gasteiger partial charge in [-0.25, -0.2) is 14.2 Å². The van der Waals surface area contributed by atoms with Crippen LogP contribution in [0.4, 0.5) is 36.4 Å². The van der Waals surface area contributed by atoms with Crippen molar-refractivity contribution in [2.45, 2.75) is 36.9 Å². The number of nitrogens with one attached hydrogen (secondary N) is 2. The van der Waals surface area contributed by atoms with Crippen LogP contribution in [0.15, 0.2) is 46.0 Å². The quantitative estimate of drug-likeness (QED) is 0.155. The van der Waals surface area contributed by atoms with Crippen molar-refractivity contribution in [1.29, 1.82) is 0 Å². The highest BCUT2D eigenvalue weighted by atomic mass is 79.9. The van der Waals surface area contributed by atoms with Gasteiger partial charge in [0.25, 0.3) is 0 Å². The van der Waals surface area contributed by atoms with Gasteiger partial charge in [-0.3, -0.25) is 19.1 Å². The summed E-state index contributed by atoms with van der Waals surface area (Å²) in [5.74, 6) is -8.81. The number of alkyl halides is 7. The van der Waals surface area contributed by atoms with E-state index in [1.807, 2.05) is 0 Å². The molecular formula is C26H21BrF7N7O5. The highest BCUT2D eigenvalue weighted by Gasteiger charge is 2.44. The van der Waals surface area contributed by atoms with E-state index in [0.717, 1.165) is 16.9 Å². The van der Waals surface area contributed by atoms with Crippen molar-refractivity contribution in [2.75, 3.05) is 18.4 Å². The molecule has 2 heterocycles. The number of ether oxygens (including phenoxy) is 1. The zero-order valence-corrected chi connectivity index (χ0v) is 24.5. The molecule has 46 heavy (non-hydrogen) atoms. The maximum absolute atomic E-state index is 13.7. The Morgan fingerprint density at radius 2 is 1.78 bits per heavy atom. The number of carbonyl (C=O) groups excluding carboxylic acids is 4. The molecule has 2 unspecified atom stereocenters. The molecule has 246 valence electrons. The summed E-state index contributed by atoms with van der Waals surface area (Å²) in [5.41, 5.74) is 9.30. The van der Waals surface area contributed by atoms with E-state index in [4.69, 9.17) is 11.5 Å². The average molecular weight is 724 g/mol. The van der Waals surface area contributed by atoms with Gasteiger partial charge in [0.05, 0.1) is 42.4 Å². The maximum Gasteiger partial charge on any atom is 0.491 e. The van der Waals surface area contributed by atoms with Crippen LogP contribution in [0.5, 0.6) is 0 Å². The number of benzene rings is 2. The number of amides is 2. The van der Waals surface area contributed by atoms with Crippen LogP contribution in [0, 0.1) is 0 Å². The van der Waals surface area contributed by atoms with Crippen LogP contribution in [-0.4, -0.2) is 64.9 Å². The molecule has 0 radical (unpaired) electrons. The number of primary amides is 2. The summed E-state index contributed by atoms with van der Waals surface area (Å²) in [5, 5.41) is 9.52. The first-order chi connectivity index (χ1) is 21.3. The zero-order chi connectivity index (χ0) is 34.1. The minimum absolute atomic E-state index is 0.00506. The van der Waals surface area contributed by atoms with Crippen molar-refractivity contribution in [3.05, 3.63) is 57.7 Å². The number of nitrogens with zero attached hydrogens (tertiary/aromatic N) is 3. The molecule has 1 aliphatic heterocycles. The van der Waals surface area contributed by atoms with Gasteiger partial charge in [-0.1, -0.05) is 15.9 Å². The first kappa shape index (κ1) is 34.1. The lowest BCUT2D eigenvalue weighted by Gasteiger charge is -2.27. The minimum Gasteiger partial charge on any atom is -0.386 e. The van der Waals surface area contributed by atoms with E-state index in [1.165, 1.54) is 12.1 Å². The number of nitrogens with two attached hydrogens (primary N) is 2. The number of rotatable bonds is 8. The van der Waals surface area contributed by atoms with Crippen LogP contribution >= 0.6 is 15.9 Å². The number of anilines is 1. The van der Waals surface area contributed by atoms with Crippen molar-refractivity contribution >= 4 is 62.2 Å². The first-order valence-corrected chi connectivity index (χ1v) is 13.6. The van der Waals surface area contributed by atoms with E-state index >= 15 is 0 Å². The number of aliphatic imine (C=N–C) groups is 1. The van der Waals surface area contributed by atoms with Crippen LogP contribution in [0.3, 0.4) is 0 Å². The van der Waals surface area contributed by atoms with Crippen LogP contribution in [0.1, 0.15) is 39.9 Å². The molecule has 2 aromatic carbocycles. The predicted octanol–water partition coefficient (Wildman–Crippen LogP) is 3.46. The summed E-state index contributed by atoms with van der Waals surface area (Å²) in [6.07, 6.45) is -12.0. The molecule has 1 aromatic heterocycles. The summed E-state index contributed by atoms with van der Waals surface area (Å²) < 4.78 is 97.6. The number of guanidine groups is 1. The van der Waals surface area contributed by atoms with E-state index in [0.29, 0.717) is 12.1 Å². The van der Waals surface area contributed by atoms with Crippen LogP contribution in [0.2, 0.25) is 0 Å². The highest BCUT2D eigenvalue weighted by Crippen LogP contribution is 2.40. The molecule has 12 nitrogen and oxygen atoms in total. The largest absolute Gasteiger partial charge is 0.491 e. The van der Waals surface area contributed by atoms with Gasteiger partial charge in [0.2, 0.25) is 11.8 Å². The highest BCUT2D eigenvalue weighted by molar-refractivity contribution is 9.10. The first-order valence-electron chi connectivity index (χ1n) is 12.8. The van der Waals surface area contributed by atoms with E-state index in [2.05, 4.69) is 41.4 Å². The lowest BCUT2D eigenvalue weighted by Crippen LogP contribution is -2.41. The Kier molecular flexibility index (Phi) is 9.59. The van der Waals surface area contributed by atoms with Crippen LogP contribution < -0.4 is 22.1 Å². The molecule has 6 N–H and O–H groups in total. The van der Waals surface area contributed by atoms with Gasteiger partial charge in [0.15, 0.2) is 5.96 Å². The van der Waals surface area contributed by atoms with Gasteiger partial charge >= 0.3 is 24.3 Å². The van der Waals surface area contributed by atoms with E-state index in [-0.39, 0.29) is 45.7 Å². The van der Waals surface area contributed by atoms with E-state index in [9.17, 15) is 49.9 Å². The average Bonchev–Trinajstić information content (AvgIpc) is 3.35. The van der Waals surface area contributed by atoms with Crippen molar-refractivity contribution in [3.8, 4) is 0 Å². The molecule has 0 saturated carbocycles. The monoisotopic (exact) mass is 723 g/mol. The van der Waals surface area contributed by atoms with Gasteiger partial charge in [-0.2, -0.15) is 31.4 Å². The number of carbonyl (C=O) groups is 4. The summed E-state index contributed by atoms with van der Waals surface area (Å²) in [6, 6.07) is 2.87. The summed E-state index contributed by atoms with van der Waals surface area (Å²) in [7, 11) is 0. The summed E-state index contributed by atoms with van der Waals surface area (Å²) >= 11 is 2.91. The Hall–Kier alpha value is -4.75. The van der Waals surface area contributed by atoms with E-state index in [1.54, 1.807) is 0 Å². The number of halogens is 8. The third-order valence-electron chi connectivity index (χ3n) is 6.62. The Labute approximate surface area is 261 Å². The van der Waals surface area contributed by atoms with Crippen LogP contribution in [0.25, 0.3) is 10.9 Å². The number of fused-ring (bicyclic) bond motifs is 1. The Morgan fingerprint density at radius 3 is 2.35 bits per heavy atom. The SMILES string of the molecule is NC(=O)c1cc(NC2=NCC(F)CN2)cc2c1cnn2C(C(N)=O)[C@@H](CC(=O)OC(=O)C(F)(F)F)c1cc(Br)cc(C(F)(F)F)c1. The van der Waals surface area contributed by atoms with Crippen molar-refractivity contribution < 1.29 is 54.6 Å². The summed E-state index contributed by atoms with van der Waals surface area (Å²) in [6.45, 7) is -0.289. The third kappa shape index (κ3) is 7.72. The molecule has 4 rings (SSSR count). The fourth-order valence-corrected chi connectivity index (χ4v) is 5.17. The number of aromatic nitrogens is 2. The second-order valence-corrected chi connectivity index (χ2v) is 10.8. The lowest BCUT2D eigenvalue weighted by molar-refractivity contribution is -0.202. The molecule has 0 bridgehead atoms. The minimum atomic E-state index is -5.59. The van der Waals surface area contributed by atoms with Gasteiger partial charge in [-0.15, -0.1) is 0 Å². The second-order valence-electron chi connectivity index (χ2n) is 9.89. The molecule has 1 aliphatic rings. The Morgan fingerprint density at radius 1 is 1.09 bits per heavy atom. The standard InChI is InChI=1S/C26H21BrF7N7O5/c27-12-2-10(1-11(3-12)25(29,30)31)15(6-19(42)46-23(45)26(32,33)34)20(22(36)44)41-18-5-14(40-24-37-7-13(28)8-38-24)4-16(21(35)43)17(18)9-39-41/h1-5,9,13,15,20H,6-8H2,(H2,35,43)(H2,36,44)(H2,37,38,40)/t15-,20?/m0/s1. The lowest BCUT2D eigenvalue weighted by atomic mass is 9.87. The molecule has 0 fully saturated rings. The number of esters is 2. The van der Waals surface area contributed by atoms with Gasteiger partial charge in [0, 0.05) is 21.5 Å². The van der Waals surface area contributed by atoms with E-state index < -0.39 is 71.8 Å². The van der Waals surface area contributed by atoms with Crippen molar-refractivity contribution in [2.24, 2.45) is 16.5 Å². The van der Waals surface area contributed by atoms with Crippen molar-refractivity contribution in [3.63, 3.8) is 0 Å². The molecule has 0 saturated heterocycles. The maximum atomic E-state index is 13.7. The normalized spacial score (nSPS) is 16.6. The van der Waals surface area contributed by atoms with Crippen LogP contribution in [-0.2, 0) is 25.3 Å². The Bertz CT molecular complexity index is 1740. The number of hydrogen-bond donors (Lipinski definition) is 4. The fraction of sp³-hybridized carbons (Fsp3) is 0.308. The summed E-state index contributed by atoms with van der Waals surface area (Å²) in [4.78, 5) is 53.2. The molecule has 0 spiro atoms. The molecule has 0 aliphatic carbocycles. The van der Waals surface area contributed by atoms with Gasteiger partial charge in [0.1, 0.15) is 12.2 Å². The topological polar surface area (TPSA) is 184 Å². The molecule has 3 aromatic rings. The van der Waals surface area contributed by atoms with Crippen molar-refractivity contribution in [1.82, 2.24) is 15.1 Å². The molecular weight excluding hydrogens is 703 g/mol. The molecule has 2 amide bonds. The Balaban J connectivity index is 1.89. The molecule has 3 atom stereocenters.